The molecule has 3 N–H and O–H groups in total. The largest absolute Gasteiger partial charge is 0.330 e. The van der Waals surface area contributed by atoms with Crippen molar-refractivity contribution in [2.45, 2.75) is 128 Å². The van der Waals surface area contributed by atoms with Crippen molar-refractivity contribution < 1.29 is 18.0 Å². The topological polar surface area (TPSA) is 106 Å². The van der Waals surface area contributed by atoms with Gasteiger partial charge in [0.1, 0.15) is 5.78 Å². The maximum absolute atomic E-state index is 13.3. The first-order valence-electron chi connectivity index (χ1n) is 14.7. The summed E-state index contributed by atoms with van der Waals surface area (Å²) in [5.74, 6) is -1.80. The number of Topliss-reactive ketones (excluding diaryl/α,β-unsaturated/α-hetero) is 2. The summed E-state index contributed by atoms with van der Waals surface area (Å²) in [5, 5.41) is 0. The Morgan fingerprint density at radius 2 is 1.37 bits per heavy atom. The average Bonchev–Trinajstić information content (AvgIpc) is 2.89. The highest BCUT2D eigenvalue weighted by atomic mass is 35.5. The van der Waals surface area contributed by atoms with E-state index in [9.17, 15) is 18.0 Å². The SMILES string of the molecule is CCCCCCCCCCCCCCC(=O)C(CCl)C(=O)[C@H](CCCCN)NS(=O)(=O)c1ccc(C)cc1. The van der Waals surface area contributed by atoms with Crippen LogP contribution in [0.4, 0.5) is 0 Å². The van der Waals surface area contributed by atoms with Gasteiger partial charge in [0.25, 0.3) is 0 Å². The highest BCUT2D eigenvalue weighted by Gasteiger charge is 2.33. The van der Waals surface area contributed by atoms with E-state index in [2.05, 4.69) is 11.6 Å². The van der Waals surface area contributed by atoms with Crippen molar-refractivity contribution in [3.8, 4) is 0 Å². The third kappa shape index (κ3) is 14.2. The number of aryl methyl sites for hydroxylation is 1. The molecule has 0 saturated carbocycles. The van der Waals surface area contributed by atoms with E-state index >= 15 is 0 Å². The van der Waals surface area contributed by atoms with E-state index in [-0.39, 0.29) is 23.0 Å². The zero-order chi connectivity index (χ0) is 28.2. The molecule has 0 heterocycles. The Morgan fingerprint density at radius 3 is 1.87 bits per heavy atom. The zero-order valence-corrected chi connectivity index (χ0v) is 25.3. The van der Waals surface area contributed by atoms with E-state index in [4.69, 9.17) is 17.3 Å². The summed E-state index contributed by atoms with van der Waals surface area (Å²) >= 11 is 6.08. The summed E-state index contributed by atoms with van der Waals surface area (Å²) in [7, 11) is -3.92. The van der Waals surface area contributed by atoms with Gasteiger partial charge < -0.3 is 5.73 Å². The number of hydrogen-bond acceptors (Lipinski definition) is 5. The van der Waals surface area contributed by atoms with E-state index in [1.807, 2.05) is 6.92 Å². The van der Waals surface area contributed by atoms with Crippen LogP contribution in [0, 0.1) is 12.8 Å². The molecule has 0 radical (unpaired) electrons. The highest BCUT2D eigenvalue weighted by Crippen LogP contribution is 2.19. The monoisotopic (exact) mass is 570 g/mol. The molecule has 0 aliphatic rings. The van der Waals surface area contributed by atoms with Gasteiger partial charge in [0.05, 0.1) is 16.9 Å². The van der Waals surface area contributed by atoms with E-state index in [0.29, 0.717) is 25.8 Å². The molecule has 1 rings (SSSR count). The Labute approximate surface area is 236 Å². The number of alkyl halides is 1. The van der Waals surface area contributed by atoms with Gasteiger partial charge in [-0.3, -0.25) is 9.59 Å². The van der Waals surface area contributed by atoms with Crippen LogP contribution in [0.15, 0.2) is 29.2 Å². The van der Waals surface area contributed by atoms with Gasteiger partial charge in [-0.2, -0.15) is 0 Å². The Morgan fingerprint density at radius 1 is 0.842 bits per heavy atom. The van der Waals surface area contributed by atoms with Crippen molar-refractivity contribution in [3.05, 3.63) is 29.8 Å². The molecule has 1 aromatic rings. The van der Waals surface area contributed by atoms with Crippen LogP contribution >= 0.6 is 11.6 Å². The summed E-state index contributed by atoms with van der Waals surface area (Å²) in [6.07, 6.45) is 16.2. The summed E-state index contributed by atoms with van der Waals surface area (Å²) in [5.41, 5.74) is 6.53. The molecule has 8 heteroatoms. The number of rotatable bonds is 24. The van der Waals surface area contributed by atoms with Crippen LogP contribution in [0.5, 0.6) is 0 Å². The number of sulfonamides is 1. The zero-order valence-electron chi connectivity index (χ0n) is 23.7. The standard InChI is InChI=1S/C30H51ClN2O4S/c1-3-4-5-6-7-8-9-10-11-12-13-14-18-29(34)27(24-31)30(35)28(17-15-16-23-32)33-38(36,37)26-21-19-25(2)20-22-26/h19-22,27-28,33H,3-18,23-24,32H2,1-2H3/t27?,28-/m0/s1. The van der Waals surface area contributed by atoms with Gasteiger partial charge in [0.2, 0.25) is 10.0 Å². The van der Waals surface area contributed by atoms with E-state index in [0.717, 1.165) is 24.8 Å². The van der Waals surface area contributed by atoms with Crippen LogP contribution < -0.4 is 10.5 Å². The maximum Gasteiger partial charge on any atom is 0.241 e. The van der Waals surface area contributed by atoms with Crippen molar-refractivity contribution in [1.29, 1.82) is 0 Å². The third-order valence-corrected chi connectivity index (χ3v) is 8.88. The second-order valence-corrected chi connectivity index (χ2v) is 12.5. The van der Waals surface area contributed by atoms with Gasteiger partial charge in [0.15, 0.2) is 5.78 Å². The van der Waals surface area contributed by atoms with Crippen molar-refractivity contribution >= 4 is 33.2 Å². The molecule has 0 saturated heterocycles. The van der Waals surface area contributed by atoms with E-state index < -0.39 is 27.8 Å². The Hall–Kier alpha value is -1.28. The molecule has 0 amide bonds. The summed E-state index contributed by atoms with van der Waals surface area (Å²) in [6, 6.07) is 5.43. The first-order valence-corrected chi connectivity index (χ1v) is 16.7. The Kier molecular flexibility index (Phi) is 18.8. The predicted octanol–water partition coefficient (Wildman–Crippen LogP) is 6.86. The molecule has 2 atom stereocenters. The lowest BCUT2D eigenvalue weighted by Gasteiger charge is -2.22. The fourth-order valence-electron chi connectivity index (χ4n) is 4.60. The molecule has 0 aliphatic carbocycles. The van der Waals surface area contributed by atoms with Gasteiger partial charge in [-0.1, -0.05) is 102 Å². The minimum atomic E-state index is -3.92. The van der Waals surface area contributed by atoms with Crippen molar-refractivity contribution in [3.63, 3.8) is 0 Å². The lowest BCUT2D eigenvalue weighted by atomic mass is 9.90. The number of benzene rings is 1. The summed E-state index contributed by atoms with van der Waals surface area (Å²) in [4.78, 5) is 26.3. The van der Waals surface area contributed by atoms with E-state index in [1.165, 1.54) is 69.9 Å². The first-order chi connectivity index (χ1) is 18.3. The number of carbonyl (C=O) groups excluding carboxylic acids is 2. The number of nitrogens with one attached hydrogen (secondary N) is 1. The van der Waals surface area contributed by atoms with Gasteiger partial charge in [-0.05, 0) is 44.9 Å². The molecule has 1 aromatic carbocycles. The molecule has 0 aromatic heterocycles. The van der Waals surface area contributed by atoms with Crippen LogP contribution in [0.1, 0.15) is 115 Å². The van der Waals surface area contributed by atoms with Crippen molar-refractivity contribution in [2.24, 2.45) is 11.7 Å². The molecular formula is C30H51ClN2O4S. The molecule has 0 spiro atoms. The molecule has 0 bridgehead atoms. The normalized spacial score (nSPS) is 13.4. The molecule has 0 fully saturated rings. The van der Waals surface area contributed by atoms with Crippen LogP contribution in [-0.2, 0) is 19.6 Å². The quantitative estimate of drug-likeness (QED) is 0.0802. The third-order valence-electron chi connectivity index (χ3n) is 7.08. The lowest BCUT2D eigenvalue weighted by Crippen LogP contribution is -2.45. The van der Waals surface area contributed by atoms with Crippen molar-refractivity contribution in [1.82, 2.24) is 4.72 Å². The fraction of sp³-hybridized carbons (Fsp3) is 0.733. The molecule has 1 unspecified atom stereocenters. The van der Waals surface area contributed by atoms with Gasteiger partial charge in [-0.15, -0.1) is 11.6 Å². The summed E-state index contributed by atoms with van der Waals surface area (Å²) < 4.78 is 28.5. The van der Waals surface area contributed by atoms with Gasteiger partial charge in [-0.25, -0.2) is 13.1 Å². The number of unbranched alkanes of at least 4 members (excludes halogenated alkanes) is 12. The molecule has 38 heavy (non-hydrogen) atoms. The minimum absolute atomic E-state index is 0.0879. The van der Waals surface area contributed by atoms with Gasteiger partial charge in [0, 0.05) is 12.3 Å². The molecular weight excluding hydrogens is 520 g/mol. The highest BCUT2D eigenvalue weighted by molar-refractivity contribution is 7.89. The maximum atomic E-state index is 13.3. The minimum Gasteiger partial charge on any atom is -0.330 e. The van der Waals surface area contributed by atoms with Crippen LogP contribution in [0.2, 0.25) is 0 Å². The number of halogens is 1. The van der Waals surface area contributed by atoms with Crippen LogP contribution in [-0.4, -0.2) is 38.5 Å². The Balaban J connectivity index is 2.55. The lowest BCUT2D eigenvalue weighted by molar-refractivity contribution is -0.133. The number of hydrogen-bond donors (Lipinski definition) is 2. The second-order valence-electron chi connectivity index (χ2n) is 10.5. The summed E-state index contributed by atoms with van der Waals surface area (Å²) in [6.45, 7) is 4.55. The number of carbonyl (C=O) groups is 2. The average molecular weight is 571 g/mol. The molecule has 218 valence electrons. The second kappa shape index (κ2) is 20.6. The molecule has 6 nitrogen and oxygen atoms in total. The van der Waals surface area contributed by atoms with Gasteiger partial charge >= 0.3 is 0 Å². The molecule has 0 aliphatic heterocycles. The predicted molar refractivity (Wildman–Crippen MR) is 158 cm³/mol. The fourth-order valence-corrected chi connectivity index (χ4v) is 6.17. The Bertz CT molecular complexity index is 890. The van der Waals surface area contributed by atoms with E-state index in [1.54, 1.807) is 12.1 Å². The number of ketones is 2. The number of nitrogens with two attached hydrogens (primary N) is 1. The first kappa shape index (κ1) is 34.7. The smallest absolute Gasteiger partial charge is 0.241 e. The van der Waals surface area contributed by atoms with Crippen LogP contribution in [0.3, 0.4) is 0 Å². The van der Waals surface area contributed by atoms with Crippen LogP contribution in [0.25, 0.3) is 0 Å². The van der Waals surface area contributed by atoms with Crippen molar-refractivity contribution in [2.75, 3.05) is 12.4 Å².